The van der Waals surface area contributed by atoms with Crippen LogP contribution in [0.25, 0.3) is 10.8 Å². The Morgan fingerprint density at radius 1 is 1.11 bits per heavy atom. The molecule has 0 amide bonds. The van der Waals surface area contributed by atoms with Crippen LogP contribution in [0.5, 0.6) is 0 Å². The van der Waals surface area contributed by atoms with E-state index in [4.69, 9.17) is 4.74 Å². The fourth-order valence-corrected chi connectivity index (χ4v) is 2.97. The Hall–Kier alpha value is -1.38. The number of ether oxygens (including phenoxy) is 1. The molecule has 0 saturated heterocycles. The van der Waals surface area contributed by atoms with Crippen molar-refractivity contribution in [2.45, 2.75) is 38.0 Å². The van der Waals surface area contributed by atoms with Crippen LogP contribution in [0.2, 0.25) is 0 Å². The van der Waals surface area contributed by atoms with Crippen molar-refractivity contribution < 1.29 is 4.74 Å². The van der Waals surface area contributed by atoms with Crippen LogP contribution in [0, 0.1) is 0 Å². The highest BCUT2D eigenvalue weighted by molar-refractivity contribution is 5.86. The standard InChI is InChI=1S/C17H21NO/c1-12(18-14-10-15(11-14)19-2)16-9-5-7-13-6-3-4-8-17(13)16/h3-9,12,14-15,18H,10-11H2,1-2H3. The third-order valence-corrected chi connectivity index (χ3v) is 4.20. The van der Waals surface area contributed by atoms with Gasteiger partial charge in [-0.2, -0.15) is 0 Å². The Bertz CT molecular complexity index is 555. The Labute approximate surface area is 114 Å². The lowest BCUT2D eigenvalue weighted by Gasteiger charge is -2.37. The summed E-state index contributed by atoms with van der Waals surface area (Å²) in [6.07, 6.45) is 2.72. The van der Waals surface area contributed by atoms with Gasteiger partial charge in [0.1, 0.15) is 0 Å². The van der Waals surface area contributed by atoms with Crippen molar-refractivity contribution in [3.63, 3.8) is 0 Å². The quantitative estimate of drug-likeness (QED) is 0.900. The second-order valence-corrected chi connectivity index (χ2v) is 5.48. The van der Waals surface area contributed by atoms with Crippen LogP contribution in [-0.2, 0) is 4.74 Å². The van der Waals surface area contributed by atoms with E-state index in [0.29, 0.717) is 18.2 Å². The highest BCUT2D eigenvalue weighted by atomic mass is 16.5. The average molecular weight is 255 g/mol. The molecule has 1 N–H and O–H groups in total. The maximum Gasteiger partial charge on any atom is 0.0601 e. The highest BCUT2D eigenvalue weighted by Gasteiger charge is 2.29. The Morgan fingerprint density at radius 2 is 1.84 bits per heavy atom. The van der Waals surface area contributed by atoms with Crippen LogP contribution in [0.15, 0.2) is 42.5 Å². The predicted molar refractivity (Wildman–Crippen MR) is 79.3 cm³/mol. The maximum atomic E-state index is 5.33. The van der Waals surface area contributed by atoms with E-state index in [2.05, 4.69) is 54.7 Å². The molecule has 2 heteroatoms. The number of hydrogen-bond donors (Lipinski definition) is 1. The van der Waals surface area contributed by atoms with Crippen LogP contribution in [0.1, 0.15) is 31.4 Å². The van der Waals surface area contributed by atoms with Gasteiger partial charge in [0.15, 0.2) is 0 Å². The molecule has 1 saturated carbocycles. The van der Waals surface area contributed by atoms with Crippen molar-refractivity contribution in [3.05, 3.63) is 48.0 Å². The molecule has 0 heterocycles. The normalized spacial score (nSPS) is 24.1. The molecule has 2 aromatic carbocycles. The molecule has 2 nitrogen and oxygen atoms in total. The zero-order valence-electron chi connectivity index (χ0n) is 11.6. The molecule has 1 unspecified atom stereocenters. The monoisotopic (exact) mass is 255 g/mol. The minimum atomic E-state index is 0.383. The summed E-state index contributed by atoms with van der Waals surface area (Å²) >= 11 is 0. The molecule has 2 aromatic rings. The first-order valence-electron chi connectivity index (χ1n) is 7.04. The van der Waals surface area contributed by atoms with E-state index in [1.807, 2.05) is 0 Å². The number of hydrogen-bond acceptors (Lipinski definition) is 2. The molecular weight excluding hydrogens is 234 g/mol. The molecule has 100 valence electrons. The van der Waals surface area contributed by atoms with Gasteiger partial charge in [-0.3, -0.25) is 0 Å². The van der Waals surface area contributed by atoms with Gasteiger partial charge in [0.2, 0.25) is 0 Å². The Kier molecular flexibility index (Phi) is 3.54. The summed E-state index contributed by atoms with van der Waals surface area (Å²) in [5.74, 6) is 0. The Morgan fingerprint density at radius 3 is 2.63 bits per heavy atom. The van der Waals surface area contributed by atoms with Gasteiger partial charge in [0.25, 0.3) is 0 Å². The van der Waals surface area contributed by atoms with Crippen molar-refractivity contribution in [3.8, 4) is 0 Å². The van der Waals surface area contributed by atoms with Crippen LogP contribution in [0.4, 0.5) is 0 Å². The van der Waals surface area contributed by atoms with Crippen LogP contribution < -0.4 is 5.32 Å². The molecule has 19 heavy (non-hydrogen) atoms. The molecule has 0 aliphatic heterocycles. The number of benzene rings is 2. The van der Waals surface area contributed by atoms with E-state index in [-0.39, 0.29) is 0 Å². The maximum absolute atomic E-state index is 5.33. The predicted octanol–water partition coefficient (Wildman–Crippen LogP) is 3.67. The molecule has 3 rings (SSSR count). The number of methoxy groups -OCH3 is 1. The fraction of sp³-hybridized carbons (Fsp3) is 0.412. The fourth-order valence-electron chi connectivity index (χ4n) is 2.97. The number of fused-ring (bicyclic) bond motifs is 1. The van der Waals surface area contributed by atoms with Crippen molar-refractivity contribution in [1.82, 2.24) is 5.32 Å². The first-order chi connectivity index (χ1) is 9.28. The summed E-state index contributed by atoms with van der Waals surface area (Å²) in [5, 5.41) is 6.38. The van der Waals surface area contributed by atoms with Gasteiger partial charge in [-0.25, -0.2) is 0 Å². The largest absolute Gasteiger partial charge is 0.381 e. The van der Waals surface area contributed by atoms with E-state index in [0.717, 1.165) is 12.8 Å². The number of rotatable bonds is 4. The van der Waals surface area contributed by atoms with E-state index >= 15 is 0 Å². The molecule has 1 aliphatic carbocycles. The number of nitrogens with one attached hydrogen (secondary N) is 1. The second-order valence-electron chi connectivity index (χ2n) is 5.48. The van der Waals surface area contributed by atoms with Gasteiger partial charge in [0, 0.05) is 19.2 Å². The van der Waals surface area contributed by atoms with Crippen molar-refractivity contribution in [1.29, 1.82) is 0 Å². The molecule has 1 aliphatic rings. The molecule has 0 spiro atoms. The lowest BCUT2D eigenvalue weighted by molar-refractivity contribution is 0.0148. The summed E-state index contributed by atoms with van der Waals surface area (Å²) in [6, 6.07) is 16.1. The zero-order valence-corrected chi connectivity index (χ0v) is 11.6. The van der Waals surface area contributed by atoms with E-state index in [9.17, 15) is 0 Å². The summed E-state index contributed by atoms with van der Waals surface area (Å²) in [5.41, 5.74) is 1.39. The van der Waals surface area contributed by atoms with Gasteiger partial charge in [-0.15, -0.1) is 0 Å². The molecule has 0 aromatic heterocycles. The smallest absolute Gasteiger partial charge is 0.0601 e. The average Bonchev–Trinajstić information content (AvgIpc) is 2.41. The van der Waals surface area contributed by atoms with Crippen molar-refractivity contribution in [2.24, 2.45) is 0 Å². The van der Waals surface area contributed by atoms with Gasteiger partial charge in [0.05, 0.1) is 6.10 Å². The first-order valence-corrected chi connectivity index (χ1v) is 7.04. The SMILES string of the molecule is COC1CC(NC(C)c2cccc3ccccc23)C1. The zero-order chi connectivity index (χ0) is 13.2. The molecule has 0 radical (unpaired) electrons. The van der Waals surface area contributed by atoms with E-state index in [1.54, 1.807) is 7.11 Å². The van der Waals surface area contributed by atoms with Crippen LogP contribution in [-0.4, -0.2) is 19.3 Å². The summed E-state index contributed by atoms with van der Waals surface area (Å²) < 4.78 is 5.33. The third-order valence-electron chi connectivity index (χ3n) is 4.20. The minimum Gasteiger partial charge on any atom is -0.381 e. The molecule has 1 atom stereocenters. The third kappa shape index (κ3) is 2.51. The van der Waals surface area contributed by atoms with Crippen molar-refractivity contribution >= 4 is 10.8 Å². The summed E-state index contributed by atoms with van der Waals surface area (Å²) in [4.78, 5) is 0. The lowest BCUT2D eigenvalue weighted by Crippen LogP contribution is -2.45. The van der Waals surface area contributed by atoms with Gasteiger partial charge < -0.3 is 10.1 Å². The van der Waals surface area contributed by atoms with Crippen molar-refractivity contribution in [2.75, 3.05) is 7.11 Å². The topological polar surface area (TPSA) is 21.3 Å². The highest BCUT2D eigenvalue weighted by Crippen LogP contribution is 2.28. The molecular formula is C17H21NO. The van der Waals surface area contributed by atoms with Gasteiger partial charge in [-0.1, -0.05) is 42.5 Å². The lowest BCUT2D eigenvalue weighted by atomic mass is 9.88. The van der Waals surface area contributed by atoms with Gasteiger partial charge in [-0.05, 0) is 36.1 Å². The van der Waals surface area contributed by atoms with Gasteiger partial charge >= 0.3 is 0 Å². The minimum absolute atomic E-state index is 0.383. The summed E-state index contributed by atoms with van der Waals surface area (Å²) in [7, 11) is 1.80. The summed E-state index contributed by atoms with van der Waals surface area (Å²) in [6.45, 7) is 2.25. The van der Waals surface area contributed by atoms with E-state index in [1.165, 1.54) is 16.3 Å². The second kappa shape index (κ2) is 5.32. The molecule has 1 fully saturated rings. The van der Waals surface area contributed by atoms with E-state index < -0.39 is 0 Å². The Balaban J connectivity index is 1.76. The van der Waals surface area contributed by atoms with Crippen LogP contribution >= 0.6 is 0 Å². The first kappa shape index (κ1) is 12.6. The van der Waals surface area contributed by atoms with Crippen LogP contribution in [0.3, 0.4) is 0 Å². The molecule has 0 bridgehead atoms.